The van der Waals surface area contributed by atoms with Gasteiger partial charge in [0.2, 0.25) is 6.20 Å². The lowest BCUT2D eigenvalue weighted by Gasteiger charge is -2.11. The van der Waals surface area contributed by atoms with Gasteiger partial charge in [0.1, 0.15) is 12.4 Å². The largest absolute Gasteiger partial charge is 0.854 e. The lowest BCUT2D eigenvalue weighted by atomic mass is 10.3. The molecular formula is C10H11N3O. The second kappa shape index (κ2) is 3.16. The van der Waals surface area contributed by atoms with Gasteiger partial charge in [-0.2, -0.15) is 0 Å². The summed E-state index contributed by atoms with van der Waals surface area (Å²) in [5.74, 6) is 0.339. The molecule has 0 N–H and O–H groups in total. The Labute approximate surface area is 83.1 Å². The van der Waals surface area contributed by atoms with E-state index in [0.717, 1.165) is 12.1 Å². The third-order valence-corrected chi connectivity index (χ3v) is 1.90. The van der Waals surface area contributed by atoms with Crippen LogP contribution in [0.3, 0.4) is 0 Å². The standard InChI is InChI=1S/C10H11N3O/c1-8(2)6-9(14)10-11-7-12-4-3-5-13(10)12/h3,6-7H,4H2,1-2H3/b10-9-. The zero-order chi connectivity index (χ0) is 10.1. The van der Waals surface area contributed by atoms with Crippen LogP contribution in [0.2, 0.25) is 0 Å². The van der Waals surface area contributed by atoms with Crippen molar-refractivity contribution in [2.75, 3.05) is 6.54 Å². The minimum Gasteiger partial charge on any atom is -0.854 e. The number of hydrogen-bond donors (Lipinski definition) is 0. The monoisotopic (exact) mass is 189 g/mol. The first kappa shape index (κ1) is 8.78. The zero-order valence-electron chi connectivity index (χ0n) is 8.19. The highest BCUT2D eigenvalue weighted by molar-refractivity contribution is 5.61. The number of aliphatic imine (C=N–C) groups is 1. The van der Waals surface area contributed by atoms with E-state index in [0.29, 0.717) is 5.82 Å². The minimum atomic E-state index is -0.0773. The topological polar surface area (TPSA) is 41.9 Å². The molecule has 2 rings (SSSR count). The van der Waals surface area contributed by atoms with Gasteiger partial charge in [-0.05, 0) is 24.9 Å². The highest BCUT2D eigenvalue weighted by atomic mass is 16.3. The predicted molar refractivity (Wildman–Crippen MR) is 51.3 cm³/mol. The number of hydrazine groups is 1. The zero-order valence-corrected chi connectivity index (χ0v) is 8.19. The third kappa shape index (κ3) is 1.36. The van der Waals surface area contributed by atoms with E-state index in [2.05, 4.69) is 11.2 Å². The molecule has 0 saturated heterocycles. The van der Waals surface area contributed by atoms with Gasteiger partial charge in [0, 0.05) is 5.76 Å². The predicted octanol–water partition coefficient (Wildman–Crippen LogP) is 0.373. The van der Waals surface area contributed by atoms with E-state index in [1.54, 1.807) is 17.4 Å². The minimum absolute atomic E-state index is 0.0773. The Morgan fingerprint density at radius 1 is 1.64 bits per heavy atom. The first-order valence-electron chi connectivity index (χ1n) is 4.43. The van der Waals surface area contributed by atoms with Crippen LogP contribution in [-0.2, 0) is 0 Å². The van der Waals surface area contributed by atoms with Crippen molar-refractivity contribution in [3.63, 3.8) is 0 Å². The number of allylic oxidation sites excluding steroid dienone is 2. The van der Waals surface area contributed by atoms with Crippen molar-refractivity contribution >= 4 is 6.34 Å². The SMILES string of the molecule is CC(C)=C/C([O-])=C1\N=CN2CC=[C+]N12. The molecular weight excluding hydrogens is 178 g/mol. The second-order valence-corrected chi connectivity index (χ2v) is 3.42. The van der Waals surface area contributed by atoms with Gasteiger partial charge < -0.3 is 5.11 Å². The Morgan fingerprint density at radius 3 is 3.14 bits per heavy atom. The van der Waals surface area contributed by atoms with E-state index in [1.807, 2.05) is 24.9 Å². The van der Waals surface area contributed by atoms with E-state index < -0.39 is 0 Å². The highest BCUT2D eigenvalue weighted by Gasteiger charge is 2.34. The van der Waals surface area contributed by atoms with Crippen LogP contribution in [0, 0.1) is 6.20 Å². The Balaban J connectivity index is 2.30. The average molecular weight is 189 g/mol. The molecule has 0 bridgehead atoms. The van der Waals surface area contributed by atoms with Crippen LogP contribution in [0.1, 0.15) is 13.8 Å². The van der Waals surface area contributed by atoms with Gasteiger partial charge in [0.25, 0.3) is 5.82 Å². The molecule has 14 heavy (non-hydrogen) atoms. The molecule has 4 nitrogen and oxygen atoms in total. The fraction of sp³-hybridized carbons (Fsp3) is 0.300. The number of hydrogen-bond acceptors (Lipinski definition) is 4. The van der Waals surface area contributed by atoms with Gasteiger partial charge in [-0.3, -0.25) is 0 Å². The Bertz CT molecular complexity index is 362. The van der Waals surface area contributed by atoms with E-state index >= 15 is 0 Å². The molecule has 0 aliphatic carbocycles. The molecule has 0 fully saturated rings. The fourth-order valence-corrected chi connectivity index (χ4v) is 1.33. The van der Waals surface area contributed by atoms with Crippen LogP contribution in [0.5, 0.6) is 0 Å². The average Bonchev–Trinajstić information content (AvgIpc) is 2.59. The molecule has 0 amide bonds. The first-order valence-corrected chi connectivity index (χ1v) is 4.43. The van der Waals surface area contributed by atoms with E-state index in [9.17, 15) is 5.11 Å². The summed E-state index contributed by atoms with van der Waals surface area (Å²) in [4.78, 5) is 4.04. The molecule has 0 radical (unpaired) electrons. The second-order valence-electron chi connectivity index (χ2n) is 3.42. The van der Waals surface area contributed by atoms with Gasteiger partial charge in [-0.15, -0.1) is 4.99 Å². The van der Waals surface area contributed by atoms with Crippen LogP contribution in [0.25, 0.3) is 0 Å². The summed E-state index contributed by atoms with van der Waals surface area (Å²) in [5.41, 5.74) is 0.972. The van der Waals surface area contributed by atoms with Crippen LogP contribution in [-0.4, -0.2) is 22.9 Å². The van der Waals surface area contributed by atoms with Crippen LogP contribution in [0.15, 0.2) is 34.3 Å². The molecule has 4 heteroatoms. The molecule has 2 aliphatic heterocycles. The summed E-state index contributed by atoms with van der Waals surface area (Å²) in [6.45, 7) is 4.51. The molecule has 0 aromatic carbocycles. The van der Waals surface area contributed by atoms with Crippen LogP contribution >= 0.6 is 0 Å². The molecule has 0 atom stereocenters. The van der Waals surface area contributed by atoms with Gasteiger partial charge >= 0.3 is 0 Å². The third-order valence-electron chi connectivity index (χ3n) is 1.90. The highest BCUT2D eigenvalue weighted by Crippen LogP contribution is 2.21. The fourth-order valence-electron chi connectivity index (χ4n) is 1.33. The summed E-state index contributed by atoms with van der Waals surface area (Å²) < 4.78 is 0. The van der Waals surface area contributed by atoms with Crippen molar-refractivity contribution in [3.8, 4) is 0 Å². The van der Waals surface area contributed by atoms with Crippen molar-refractivity contribution in [2.24, 2.45) is 4.99 Å². The van der Waals surface area contributed by atoms with Gasteiger partial charge in [-0.25, -0.2) is 5.01 Å². The number of rotatable bonds is 1. The van der Waals surface area contributed by atoms with Crippen molar-refractivity contribution in [3.05, 3.63) is 35.5 Å². The summed E-state index contributed by atoms with van der Waals surface area (Å²) in [5, 5.41) is 15.1. The Morgan fingerprint density at radius 2 is 2.43 bits per heavy atom. The Kier molecular flexibility index (Phi) is 1.98. The van der Waals surface area contributed by atoms with E-state index in [1.165, 1.54) is 0 Å². The number of fused-ring (bicyclic) bond motifs is 1. The maximum absolute atomic E-state index is 11.6. The van der Waals surface area contributed by atoms with Crippen molar-refractivity contribution in [1.29, 1.82) is 0 Å². The molecule has 0 saturated carbocycles. The normalized spacial score (nSPS) is 21.0. The molecule has 0 aromatic rings. The van der Waals surface area contributed by atoms with Gasteiger partial charge in [-0.1, -0.05) is 5.57 Å². The molecule has 2 aliphatic rings. The van der Waals surface area contributed by atoms with Crippen LogP contribution in [0.4, 0.5) is 0 Å². The first-order chi connectivity index (χ1) is 6.68. The van der Waals surface area contributed by atoms with Crippen molar-refractivity contribution in [1.82, 2.24) is 10.0 Å². The van der Waals surface area contributed by atoms with Crippen molar-refractivity contribution in [2.45, 2.75) is 13.8 Å². The summed E-state index contributed by atoms with van der Waals surface area (Å²) in [7, 11) is 0. The molecule has 0 aromatic heterocycles. The van der Waals surface area contributed by atoms with Gasteiger partial charge in [0.15, 0.2) is 0 Å². The lowest BCUT2D eigenvalue weighted by molar-refractivity contribution is -0.298. The lowest BCUT2D eigenvalue weighted by Crippen LogP contribution is -2.29. The van der Waals surface area contributed by atoms with E-state index in [4.69, 9.17) is 0 Å². The maximum Gasteiger partial charge on any atom is 0.293 e. The quantitative estimate of drug-likeness (QED) is 0.442. The summed E-state index contributed by atoms with van der Waals surface area (Å²) >= 11 is 0. The van der Waals surface area contributed by atoms with Crippen molar-refractivity contribution < 1.29 is 5.11 Å². The summed E-state index contributed by atoms with van der Waals surface area (Å²) in [6, 6.07) is 0. The smallest absolute Gasteiger partial charge is 0.293 e. The van der Waals surface area contributed by atoms with Gasteiger partial charge in [0.05, 0.1) is 6.54 Å². The molecule has 0 unspecified atom stereocenters. The Hall–Kier alpha value is -1.80. The number of nitrogens with zero attached hydrogens (tertiary/aromatic N) is 3. The maximum atomic E-state index is 11.6. The summed E-state index contributed by atoms with van der Waals surface area (Å²) in [6.07, 6.45) is 8.03. The molecule has 2 heterocycles. The molecule has 72 valence electrons. The molecule has 0 spiro atoms. The van der Waals surface area contributed by atoms with E-state index in [-0.39, 0.29) is 5.76 Å². The van der Waals surface area contributed by atoms with Crippen LogP contribution < -0.4 is 5.11 Å².